The Hall–Kier alpha value is -0.910. The van der Waals surface area contributed by atoms with E-state index in [9.17, 15) is 4.39 Å². The molecule has 1 aromatic heterocycles. The number of hydrogen-bond donors (Lipinski definition) is 1. The summed E-state index contributed by atoms with van der Waals surface area (Å²) in [6.07, 6.45) is 2.04. The van der Waals surface area contributed by atoms with E-state index in [-0.39, 0.29) is 5.02 Å². The molecule has 0 spiro atoms. The van der Waals surface area contributed by atoms with E-state index in [2.05, 4.69) is 4.98 Å². The molecule has 1 aliphatic rings. The van der Waals surface area contributed by atoms with Crippen LogP contribution in [0.25, 0.3) is 11.0 Å². The molecule has 1 fully saturated rings. The molecule has 0 radical (unpaired) electrons. The van der Waals surface area contributed by atoms with E-state index in [1.807, 2.05) is 4.57 Å². The summed E-state index contributed by atoms with van der Waals surface area (Å²) in [5.74, 6) is 0.113. The third-order valence-electron chi connectivity index (χ3n) is 3.60. The van der Waals surface area contributed by atoms with Crippen LogP contribution in [0.3, 0.4) is 0 Å². The van der Waals surface area contributed by atoms with Crippen LogP contribution < -0.4 is 0 Å². The molecule has 2 aromatic rings. The number of nitrogens with zero attached hydrogens (tertiary/aromatic N) is 1. The highest BCUT2D eigenvalue weighted by Gasteiger charge is 2.17. The fraction of sp³-hybridized carbons (Fsp3) is 0.462. The van der Waals surface area contributed by atoms with E-state index in [0.29, 0.717) is 10.7 Å². The van der Waals surface area contributed by atoms with Gasteiger partial charge in [0.05, 0.1) is 16.1 Å². The number of ether oxygens (including phenoxy) is 1. The normalized spacial score (nSPS) is 17.2. The van der Waals surface area contributed by atoms with Crippen LogP contribution in [0.5, 0.6) is 0 Å². The van der Waals surface area contributed by atoms with Crippen LogP contribution in [0.1, 0.15) is 12.8 Å². The van der Waals surface area contributed by atoms with Crippen molar-refractivity contribution in [1.82, 2.24) is 9.55 Å². The maximum atomic E-state index is 13.6. The Bertz CT molecular complexity index is 660. The largest absolute Gasteiger partial charge is 0.381 e. The van der Waals surface area contributed by atoms with Gasteiger partial charge in [-0.2, -0.15) is 0 Å². The SMILES string of the molecule is Fc1cc2c(cc1Cl)[nH]c(=S)n2CC1CCOCC1. The third-order valence-corrected chi connectivity index (χ3v) is 4.21. The van der Waals surface area contributed by atoms with Gasteiger partial charge in [-0.05, 0) is 37.0 Å². The summed E-state index contributed by atoms with van der Waals surface area (Å²) in [5, 5.41) is 0.113. The number of halogens is 2. The van der Waals surface area contributed by atoms with Gasteiger partial charge in [0.15, 0.2) is 4.77 Å². The molecule has 102 valence electrons. The molecule has 3 nitrogen and oxygen atoms in total. The number of hydrogen-bond acceptors (Lipinski definition) is 2. The first-order chi connectivity index (χ1) is 9.15. The maximum Gasteiger partial charge on any atom is 0.178 e. The van der Waals surface area contributed by atoms with Gasteiger partial charge in [-0.3, -0.25) is 0 Å². The molecular weight excluding hydrogens is 287 g/mol. The molecule has 1 aliphatic heterocycles. The second-order valence-electron chi connectivity index (χ2n) is 4.88. The summed E-state index contributed by atoms with van der Waals surface area (Å²) >= 11 is 11.1. The molecule has 3 rings (SSSR count). The predicted molar refractivity (Wildman–Crippen MR) is 75.6 cm³/mol. The highest BCUT2D eigenvalue weighted by Crippen LogP contribution is 2.25. The second-order valence-corrected chi connectivity index (χ2v) is 5.67. The zero-order valence-electron chi connectivity index (χ0n) is 10.3. The second kappa shape index (κ2) is 5.23. The van der Waals surface area contributed by atoms with Crippen LogP contribution in [0.2, 0.25) is 5.02 Å². The Kier molecular flexibility index (Phi) is 3.60. The standard InChI is InChI=1S/C13H14ClFN2OS/c14-9-5-11-12(6-10(9)15)17(13(19)16-11)7-8-1-3-18-4-2-8/h5-6,8H,1-4,7H2,(H,16,19). The van der Waals surface area contributed by atoms with Crippen LogP contribution in [0.4, 0.5) is 4.39 Å². The Morgan fingerprint density at radius 2 is 2.16 bits per heavy atom. The topological polar surface area (TPSA) is 29.9 Å². The van der Waals surface area contributed by atoms with Crippen molar-refractivity contribution in [3.05, 3.63) is 27.7 Å². The highest BCUT2D eigenvalue weighted by molar-refractivity contribution is 7.71. The van der Waals surface area contributed by atoms with E-state index in [1.54, 1.807) is 6.07 Å². The molecule has 19 heavy (non-hydrogen) atoms. The summed E-state index contributed by atoms with van der Waals surface area (Å²) in [4.78, 5) is 3.08. The molecule has 0 atom stereocenters. The van der Waals surface area contributed by atoms with Crippen molar-refractivity contribution in [2.24, 2.45) is 5.92 Å². The minimum Gasteiger partial charge on any atom is -0.381 e. The molecule has 0 saturated carbocycles. The molecular formula is C13H14ClFN2OS. The van der Waals surface area contributed by atoms with Gasteiger partial charge >= 0.3 is 0 Å². The van der Waals surface area contributed by atoms with Crippen molar-refractivity contribution < 1.29 is 9.13 Å². The summed E-state index contributed by atoms with van der Waals surface area (Å²) in [7, 11) is 0. The smallest absolute Gasteiger partial charge is 0.178 e. The van der Waals surface area contributed by atoms with Gasteiger partial charge in [-0.1, -0.05) is 11.6 Å². The maximum absolute atomic E-state index is 13.6. The van der Waals surface area contributed by atoms with Gasteiger partial charge in [0, 0.05) is 25.8 Å². The van der Waals surface area contributed by atoms with Crippen LogP contribution in [-0.2, 0) is 11.3 Å². The van der Waals surface area contributed by atoms with E-state index in [0.717, 1.165) is 43.6 Å². The van der Waals surface area contributed by atoms with Crippen LogP contribution in [-0.4, -0.2) is 22.8 Å². The predicted octanol–water partition coefficient (Wildman–Crippen LogP) is 3.92. The summed E-state index contributed by atoms with van der Waals surface area (Å²) < 4.78 is 21.5. The van der Waals surface area contributed by atoms with E-state index in [4.69, 9.17) is 28.6 Å². The van der Waals surface area contributed by atoms with Crippen molar-refractivity contribution in [2.45, 2.75) is 19.4 Å². The number of H-pyrrole nitrogens is 1. The van der Waals surface area contributed by atoms with Crippen molar-refractivity contribution in [3.8, 4) is 0 Å². The highest BCUT2D eigenvalue weighted by atomic mass is 35.5. The molecule has 6 heteroatoms. The number of aromatic amines is 1. The van der Waals surface area contributed by atoms with Crippen LogP contribution >= 0.6 is 23.8 Å². The fourth-order valence-corrected chi connectivity index (χ4v) is 2.97. The Morgan fingerprint density at radius 1 is 1.42 bits per heavy atom. The van der Waals surface area contributed by atoms with Gasteiger partial charge < -0.3 is 14.3 Å². The van der Waals surface area contributed by atoms with Crippen molar-refractivity contribution >= 4 is 34.9 Å². The fourth-order valence-electron chi connectivity index (χ4n) is 2.52. The molecule has 0 bridgehead atoms. The molecule has 0 aliphatic carbocycles. The number of aromatic nitrogens is 2. The van der Waals surface area contributed by atoms with Gasteiger partial charge in [0.1, 0.15) is 5.82 Å². The monoisotopic (exact) mass is 300 g/mol. The third kappa shape index (κ3) is 2.55. The van der Waals surface area contributed by atoms with Crippen molar-refractivity contribution in [1.29, 1.82) is 0 Å². The molecule has 1 aromatic carbocycles. The van der Waals surface area contributed by atoms with Crippen LogP contribution in [0.15, 0.2) is 12.1 Å². The lowest BCUT2D eigenvalue weighted by molar-refractivity contribution is 0.0615. The van der Waals surface area contributed by atoms with E-state index >= 15 is 0 Å². The number of imidazole rings is 1. The summed E-state index contributed by atoms with van der Waals surface area (Å²) in [6.45, 7) is 2.38. The lowest BCUT2D eigenvalue weighted by Gasteiger charge is -2.22. The Labute approximate surface area is 120 Å². The first-order valence-corrected chi connectivity index (χ1v) is 7.09. The van der Waals surface area contributed by atoms with Crippen molar-refractivity contribution in [2.75, 3.05) is 13.2 Å². The molecule has 1 N–H and O–H groups in total. The quantitative estimate of drug-likeness (QED) is 0.852. The number of benzene rings is 1. The van der Waals surface area contributed by atoms with E-state index < -0.39 is 5.82 Å². The Balaban J connectivity index is 2.00. The number of nitrogens with one attached hydrogen (secondary N) is 1. The minimum absolute atomic E-state index is 0.113. The zero-order valence-corrected chi connectivity index (χ0v) is 11.9. The van der Waals surface area contributed by atoms with Gasteiger partial charge in [-0.15, -0.1) is 0 Å². The summed E-state index contributed by atoms with van der Waals surface area (Å²) in [5.41, 5.74) is 1.56. The number of fused-ring (bicyclic) bond motifs is 1. The van der Waals surface area contributed by atoms with Crippen LogP contribution in [0, 0.1) is 16.5 Å². The van der Waals surface area contributed by atoms with Gasteiger partial charge in [0.25, 0.3) is 0 Å². The average Bonchev–Trinajstić information content (AvgIpc) is 2.68. The molecule has 0 unspecified atom stereocenters. The van der Waals surface area contributed by atoms with Gasteiger partial charge in [0.2, 0.25) is 0 Å². The van der Waals surface area contributed by atoms with Crippen molar-refractivity contribution in [3.63, 3.8) is 0 Å². The summed E-state index contributed by atoms with van der Waals surface area (Å²) in [6, 6.07) is 3.03. The van der Waals surface area contributed by atoms with E-state index in [1.165, 1.54) is 6.07 Å². The Morgan fingerprint density at radius 3 is 2.89 bits per heavy atom. The first-order valence-electron chi connectivity index (χ1n) is 6.30. The molecule has 2 heterocycles. The lowest BCUT2D eigenvalue weighted by atomic mass is 10.0. The average molecular weight is 301 g/mol. The van der Waals surface area contributed by atoms with Gasteiger partial charge in [-0.25, -0.2) is 4.39 Å². The first kappa shape index (κ1) is 13.1. The zero-order chi connectivity index (χ0) is 13.4. The molecule has 0 amide bonds. The molecule has 1 saturated heterocycles. The minimum atomic E-state index is -0.413. The number of rotatable bonds is 2. The lowest BCUT2D eigenvalue weighted by Crippen LogP contribution is -2.20.